The van der Waals surface area contributed by atoms with Crippen LogP contribution >= 0.6 is 11.3 Å². The van der Waals surface area contributed by atoms with Gasteiger partial charge in [-0.05, 0) is 17.7 Å². The van der Waals surface area contributed by atoms with Gasteiger partial charge >= 0.3 is 0 Å². The lowest BCUT2D eigenvalue weighted by atomic mass is 10.2. The van der Waals surface area contributed by atoms with E-state index in [-0.39, 0.29) is 26.5 Å². The molecular weight excluding hydrogens is 434 g/mol. The molecule has 1 heterocycles. The zero-order valence-electron chi connectivity index (χ0n) is 15.1. The van der Waals surface area contributed by atoms with Crippen LogP contribution in [0, 0.1) is 0 Å². The van der Waals surface area contributed by atoms with Gasteiger partial charge < -0.3 is 0 Å². The minimum atomic E-state index is -3.66. The highest BCUT2D eigenvalue weighted by atomic mass is 32.2. The smallest absolute Gasteiger partial charge is 0.241 e. The molecule has 0 bridgehead atoms. The summed E-state index contributed by atoms with van der Waals surface area (Å²) in [6.45, 7) is 0. The summed E-state index contributed by atoms with van der Waals surface area (Å²) in [5.41, 5.74) is 0.588. The van der Waals surface area contributed by atoms with E-state index in [1.54, 1.807) is 48.5 Å². The number of sulfone groups is 2. The molecule has 0 atom stereocenters. The molecule has 3 rings (SSSR count). The molecule has 0 saturated heterocycles. The van der Waals surface area contributed by atoms with Gasteiger partial charge in [0.25, 0.3) is 0 Å². The molecule has 0 aliphatic carbocycles. The van der Waals surface area contributed by atoms with Crippen molar-refractivity contribution in [2.75, 3.05) is 11.1 Å². The van der Waals surface area contributed by atoms with Gasteiger partial charge in [-0.1, -0.05) is 59.9 Å². The highest BCUT2D eigenvalue weighted by Crippen LogP contribution is 2.21. The number of aromatic nitrogens is 2. The molecule has 2 aromatic carbocycles. The third kappa shape index (κ3) is 6.17. The Morgan fingerprint density at radius 2 is 1.48 bits per heavy atom. The second kappa shape index (κ2) is 8.80. The number of hydrogen-bond acceptors (Lipinski definition) is 8. The lowest BCUT2D eigenvalue weighted by molar-refractivity contribution is -0.113. The average Bonchev–Trinajstić information content (AvgIpc) is 3.08. The maximum absolute atomic E-state index is 12.4. The first kappa shape index (κ1) is 21.1. The van der Waals surface area contributed by atoms with Gasteiger partial charge in [0, 0.05) is 0 Å². The monoisotopic (exact) mass is 451 g/mol. The fraction of sp³-hybridized carbons (Fsp3) is 0.167. The van der Waals surface area contributed by atoms with Crippen LogP contribution < -0.4 is 5.32 Å². The van der Waals surface area contributed by atoms with E-state index in [1.807, 2.05) is 0 Å². The lowest BCUT2D eigenvalue weighted by Crippen LogP contribution is -2.23. The van der Waals surface area contributed by atoms with Crippen LogP contribution in [-0.4, -0.2) is 38.7 Å². The Hall–Kier alpha value is -2.63. The highest BCUT2D eigenvalue weighted by molar-refractivity contribution is 7.91. The zero-order chi connectivity index (χ0) is 20.9. The van der Waals surface area contributed by atoms with E-state index < -0.39 is 31.3 Å². The number of amides is 1. The Balaban J connectivity index is 1.60. The highest BCUT2D eigenvalue weighted by Gasteiger charge is 2.21. The maximum Gasteiger partial charge on any atom is 0.241 e. The van der Waals surface area contributed by atoms with Crippen LogP contribution in [0.5, 0.6) is 0 Å². The van der Waals surface area contributed by atoms with Gasteiger partial charge in [-0.25, -0.2) is 16.8 Å². The molecule has 1 aromatic heterocycles. The Labute approximate surface area is 172 Å². The van der Waals surface area contributed by atoms with Crippen molar-refractivity contribution >= 4 is 42.1 Å². The van der Waals surface area contributed by atoms with E-state index >= 15 is 0 Å². The van der Waals surface area contributed by atoms with Crippen LogP contribution in [-0.2, 0) is 36.0 Å². The molecule has 0 aliphatic heterocycles. The van der Waals surface area contributed by atoms with Crippen molar-refractivity contribution in [2.45, 2.75) is 16.4 Å². The van der Waals surface area contributed by atoms with Crippen LogP contribution in [0.4, 0.5) is 5.13 Å². The van der Waals surface area contributed by atoms with Crippen molar-refractivity contribution in [2.24, 2.45) is 0 Å². The summed E-state index contributed by atoms with van der Waals surface area (Å²) in [6.07, 6.45) is 0. The Morgan fingerprint density at radius 1 is 0.862 bits per heavy atom. The molecule has 1 amide bonds. The van der Waals surface area contributed by atoms with Gasteiger partial charge in [0.2, 0.25) is 11.0 Å². The largest absolute Gasteiger partial charge is 0.300 e. The summed E-state index contributed by atoms with van der Waals surface area (Å²) in [7, 11) is -7.26. The van der Waals surface area contributed by atoms with Gasteiger partial charge in [-0.3, -0.25) is 10.1 Å². The van der Waals surface area contributed by atoms with Crippen LogP contribution in [0.15, 0.2) is 65.6 Å². The second-order valence-corrected chi connectivity index (χ2v) is 11.3. The van der Waals surface area contributed by atoms with Crippen LogP contribution in [0.3, 0.4) is 0 Å². The van der Waals surface area contributed by atoms with Crippen molar-refractivity contribution in [3.63, 3.8) is 0 Å². The SMILES string of the molecule is O=C(CS(=O)(=O)Cc1ccccc1)Nc1nnc(CS(=O)(=O)c2ccccc2)s1. The molecule has 0 spiro atoms. The predicted molar refractivity (Wildman–Crippen MR) is 110 cm³/mol. The standard InChI is InChI=1S/C18H17N3O5S3/c22-16(12-28(23,24)11-14-7-3-1-4-8-14)19-18-21-20-17(27-18)13-29(25,26)15-9-5-2-6-10-15/h1-10H,11-13H2,(H,19,21,22). The van der Waals surface area contributed by atoms with Crippen LogP contribution in [0.2, 0.25) is 0 Å². The van der Waals surface area contributed by atoms with E-state index in [9.17, 15) is 21.6 Å². The lowest BCUT2D eigenvalue weighted by Gasteiger charge is -2.04. The van der Waals surface area contributed by atoms with Crippen molar-refractivity contribution in [3.05, 3.63) is 71.2 Å². The number of carbonyl (C=O) groups is 1. The normalized spacial score (nSPS) is 11.9. The van der Waals surface area contributed by atoms with Crippen LogP contribution in [0.1, 0.15) is 10.6 Å². The maximum atomic E-state index is 12.4. The Bertz CT molecular complexity index is 1190. The summed E-state index contributed by atoms with van der Waals surface area (Å²) in [6, 6.07) is 16.5. The molecule has 3 aromatic rings. The molecule has 0 radical (unpaired) electrons. The topological polar surface area (TPSA) is 123 Å². The van der Waals surface area contributed by atoms with E-state index in [2.05, 4.69) is 15.5 Å². The summed E-state index contributed by atoms with van der Waals surface area (Å²) in [5, 5.41) is 10.1. The molecule has 0 aliphatic rings. The van der Waals surface area contributed by atoms with Gasteiger partial charge in [0.15, 0.2) is 19.7 Å². The minimum absolute atomic E-state index is 0.0446. The first-order valence-electron chi connectivity index (χ1n) is 8.38. The van der Waals surface area contributed by atoms with Gasteiger partial charge in [-0.15, -0.1) is 10.2 Å². The van der Waals surface area contributed by atoms with E-state index in [0.717, 1.165) is 11.3 Å². The van der Waals surface area contributed by atoms with Crippen LogP contribution in [0.25, 0.3) is 0 Å². The molecule has 0 unspecified atom stereocenters. The number of rotatable bonds is 8. The summed E-state index contributed by atoms with van der Waals surface area (Å²) in [5.74, 6) is -2.08. The molecular formula is C18H17N3O5S3. The number of hydrogen-bond donors (Lipinski definition) is 1. The number of nitrogens with one attached hydrogen (secondary N) is 1. The molecule has 11 heteroatoms. The second-order valence-electron chi connectivity index (χ2n) is 6.14. The quantitative estimate of drug-likeness (QED) is 0.556. The van der Waals surface area contributed by atoms with Crippen molar-refractivity contribution in [1.82, 2.24) is 10.2 Å². The van der Waals surface area contributed by atoms with E-state index in [4.69, 9.17) is 0 Å². The molecule has 29 heavy (non-hydrogen) atoms. The van der Waals surface area contributed by atoms with Gasteiger partial charge in [0.05, 0.1) is 10.6 Å². The Morgan fingerprint density at radius 3 is 2.14 bits per heavy atom. The molecule has 1 N–H and O–H groups in total. The minimum Gasteiger partial charge on any atom is -0.300 e. The fourth-order valence-corrected chi connectivity index (χ4v) is 6.12. The van der Waals surface area contributed by atoms with Crippen molar-refractivity contribution in [3.8, 4) is 0 Å². The number of anilines is 1. The fourth-order valence-electron chi connectivity index (χ4n) is 2.47. The molecule has 8 nitrogen and oxygen atoms in total. The number of benzene rings is 2. The molecule has 0 saturated carbocycles. The van der Waals surface area contributed by atoms with Gasteiger partial charge in [0.1, 0.15) is 16.5 Å². The van der Waals surface area contributed by atoms with E-state index in [1.165, 1.54) is 12.1 Å². The first-order chi connectivity index (χ1) is 13.7. The predicted octanol–water partition coefficient (Wildman–Crippen LogP) is 2.07. The molecule has 152 valence electrons. The van der Waals surface area contributed by atoms with Crippen molar-refractivity contribution in [1.29, 1.82) is 0 Å². The third-order valence-corrected chi connectivity index (χ3v) is 7.85. The van der Waals surface area contributed by atoms with Gasteiger partial charge in [-0.2, -0.15) is 0 Å². The third-order valence-electron chi connectivity index (χ3n) is 3.71. The number of carbonyl (C=O) groups excluding carboxylic acids is 1. The summed E-state index contributed by atoms with van der Waals surface area (Å²) >= 11 is 0.885. The first-order valence-corrected chi connectivity index (χ1v) is 12.7. The van der Waals surface area contributed by atoms with E-state index in [0.29, 0.717) is 5.56 Å². The summed E-state index contributed by atoms with van der Waals surface area (Å²) < 4.78 is 49.1. The average molecular weight is 452 g/mol. The Kier molecular flexibility index (Phi) is 6.40. The molecule has 0 fully saturated rings. The van der Waals surface area contributed by atoms with Crippen molar-refractivity contribution < 1.29 is 21.6 Å². The summed E-state index contributed by atoms with van der Waals surface area (Å²) in [4.78, 5) is 12.2. The zero-order valence-corrected chi connectivity index (χ0v) is 17.5. The number of nitrogens with zero attached hydrogens (tertiary/aromatic N) is 2.